The normalized spacial score (nSPS) is 14.4. The number of aryl methyl sites for hydroxylation is 1. The van der Waals surface area contributed by atoms with E-state index in [0.717, 1.165) is 25.7 Å². The van der Waals surface area contributed by atoms with E-state index in [4.69, 9.17) is 0 Å². The SMILES string of the molecule is CNc1nc(N(C)Cc2nncn2C)c(C(=O)NC2CCCCC2)cc1[N+](=O)[O-]. The first-order valence-electron chi connectivity index (χ1n) is 9.62. The topological polar surface area (TPSA) is 131 Å². The number of pyridine rings is 1. The molecule has 0 atom stereocenters. The van der Waals surface area contributed by atoms with E-state index in [2.05, 4.69) is 25.8 Å². The molecule has 156 valence electrons. The average Bonchev–Trinajstić information content (AvgIpc) is 3.11. The third-order valence-electron chi connectivity index (χ3n) is 5.15. The van der Waals surface area contributed by atoms with E-state index in [0.29, 0.717) is 18.2 Å². The van der Waals surface area contributed by atoms with Crippen molar-refractivity contribution >= 4 is 23.2 Å². The molecule has 0 aromatic carbocycles. The van der Waals surface area contributed by atoms with Crippen LogP contribution in [0.5, 0.6) is 0 Å². The van der Waals surface area contributed by atoms with E-state index in [1.807, 2.05) is 7.05 Å². The summed E-state index contributed by atoms with van der Waals surface area (Å²) in [5.41, 5.74) is -0.0666. The van der Waals surface area contributed by atoms with Crippen LogP contribution in [0.4, 0.5) is 17.3 Å². The number of carbonyl (C=O) groups excluding carboxylic acids is 1. The number of amides is 1. The van der Waals surface area contributed by atoms with Gasteiger partial charge in [0, 0.05) is 33.3 Å². The summed E-state index contributed by atoms with van der Waals surface area (Å²) in [7, 11) is 5.14. The number of hydrogen-bond acceptors (Lipinski definition) is 8. The van der Waals surface area contributed by atoms with Crippen LogP contribution in [-0.2, 0) is 13.6 Å². The molecule has 29 heavy (non-hydrogen) atoms. The molecule has 2 aromatic rings. The van der Waals surface area contributed by atoms with Gasteiger partial charge >= 0.3 is 5.69 Å². The summed E-state index contributed by atoms with van der Waals surface area (Å²) in [5, 5.41) is 25.2. The molecule has 1 aliphatic rings. The number of nitrogens with one attached hydrogen (secondary N) is 2. The maximum atomic E-state index is 13.0. The molecule has 0 radical (unpaired) electrons. The molecule has 2 heterocycles. The first kappa shape index (κ1) is 20.5. The van der Waals surface area contributed by atoms with Gasteiger partial charge in [0.15, 0.2) is 5.82 Å². The van der Waals surface area contributed by atoms with Gasteiger partial charge < -0.3 is 20.1 Å². The van der Waals surface area contributed by atoms with E-state index in [1.165, 1.54) is 12.5 Å². The number of rotatable bonds is 7. The highest BCUT2D eigenvalue weighted by Crippen LogP contribution is 2.30. The molecular weight excluding hydrogens is 376 g/mol. The molecule has 0 unspecified atom stereocenters. The van der Waals surface area contributed by atoms with Gasteiger partial charge in [-0.15, -0.1) is 10.2 Å². The molecule has 0 saturated heterocycles. The van der Waals surface area contributed by atoms with Crippen molar-refractivity contribution in [2.75, 3.05) is 24.3 Å². The van der Waals surface area contributed by atoms with Gasteiger partial charge in [0.2, 0.25) is 5.82 Å². The molecule has 11 heteroatoms. The van der Waals surface area contributed by atoms with Crippen molar-refractivity contribution in [2.45, 2.75) is 44.7 Å². The van der Waals surface area contributed by atoms with E-state index in [1.54, 1.807) is 29.9 Å². The van der Waals surface area contributed by atoms with Crippen molar-refractivity contribution in [3.8, 4) is 0 Å². The lowest BCUT2D eigenvalue weighted by molar-refractivity contribution is -0.384. The molecule has 1 amide bonds. The Hall–Kier alpha value is -3.24. The van der Waals surface area contributed by atoms with Crippen LogP contribution in [0.2, 0.25) is 0 Å². The zero-order chi connectivity index (χ0) is 21.0. The maximum Gasteiger partial charge on any atom is 0.312 e. The summed E-state index contributed by atoms with van der Waals surface area (Å²) in [5.74, 6) is 0.771. The van der Waals surface area contributed by atoms with Crippen molar-refractivity contribution < 1.29 is 9.72 Å². The number of carbonyl (C=O) groups is 1. The smallest absolute Gasteiger partial charge is 0.312 e. The second-order valence-corrected chi connectivity index (χ2v) is 7.26. The van der Waals surface area contributed by atoms with E-state index in [9.17, 15) is 14.9 Å². The monoisotopic (exact) mass is 402 g/mol. The highest BCUT2D eigenvalue weighted by atomic mass is 16.6. The second-order valence-electron chi connectivity index (χ2n) is 7.26. The number of aromatic nitrogens is 4. The van der Waals surface area contributed by atoms with Gasteiger partial charge in [-0.3, -0.25) is 14.9 Å². The van der Waals surface area contributed by atoms with Gasteiger partial charge in [0.25, 0.3) is 5.91 Å². The largest absolute Gasteiger partial charge is 0.367 e. The summed E-state index contributed by atoms with van der Waals surface area (Å²) < 4.78 is 1.77. The fourth-order valence-corrected chi connectivity index (χ4v) is 3.52. The Balaban J connectivity index is 1.96. The minimum atomic E-state index is -0.539. The Morgan fingerprint density at radius 1 is 1.38 bits per heavy atom. The Labute approximate surface area is 168 Å². The lowest BCUT2D eigenvalue weighted by Gasteiger charge is -2.25. The average molecular weight is 402 g/mol. The Kier molecular flexibility index (Phi) is 6.25. The molecule has 0 aliphatic heterocycles. The van der Waals surface area contributed by atoms with Crippen molar-refractivity contribution in [1.29, 1.82) is 0 Å². The molecule has 2 aromatic heterocycles. The predicted molar refractivity (Wildman–Crippen MR) is 108 cm³/mol. The Morgan fingerprint density at radius 2 is 2.10 bits per heavy atom. The first-order valence-corrected chi connectivity index (χ1v) is 9.62. The first-order chi connectivity index (χ1) is 13.9. The van der Waals surface area contributed by atoms with Crippen LogP contribution in [0.1, 0.15) is 48.3 Å². The summed E-state index contributed by atoms with van der Waals surface area (Å²) in [6, 6.07) is 1.37. The fraction of sp³-hybridized carbons (Fsp3) is 0.556. The molecule has 1 fully saturated rings. The fourth-order valence-electron chi connectivity index (χ4n) is 3.52. The summed E-state index contributed by atoms with van der Waals surface area (Å²) in [6.45, 7) is 0.341. The quantitative estimate of drug-likeness (QED) is 0.530. The lowest BCUT2D eigenvalue weighted by Crippen LogP contribution is -2.37. The van der Waals surface area contributed by atoms with Gasteiger partial charge in [0.05, 0.1) is 17.0 Å². The molecule has 11 nitrogen and oxygen atoms in total. The van der Waals surface area contributed by atoms with Crippen LogP contribution in [-0.4, -0.2) is 50.7 Å². The molecule has 3 rings (SSSR count). The van der Waals surface area contributed by atoms with Crippen LogP contribution in [0.25, 0.3) is 0 Å². The van der Waals surface area contributed by atoms with Crippen molar-refractivity contribution in [2.24, 2.45) is 7.05 Å². The van der Waals surface area contributed by atoms with Gasteiger partial charge in [-0.1, -0.05) is 19.3 Å². The predicted octanol–water partition coefficient (Wildman–Crippen LogP) is 1.86. The van der Waals surface area contributed by atoms with Crippen LogP contribution in [0.3, 0.4) is 0 Å². The standard InChI is InChI=1S/C18H26N8O3/c1-19-16-14(26(28)29)9-13(18(27)21-12-7-5-4-6-8-12)17(22-16)24(2)10-15-23-20-11-25(15)3/h9,11-12H,4-8,10H2,1-3H3,(H,19,22)(H,21,27). The minimum Gasteiger partial charge on any atom is -0.367 e. The molecule has 2 N–H and O–H groups in total. The van der Waals surface area contributed by atoms with Crippen LogP contribution < -0.4 is 15.5 Å². The van der Waals surface area contributed by atoms with Crippen LogP contribution in [0, 0.1) is 10.1 Å². The van der Waals surface area contributed by atoms with Crippen LogP contribution >= 0.6 is 0 Å². The highest BCUT2D eigenvalue weighted by Gasteiger charge is 2.27. The van der Waals surface area contributed by atoms with Crippen molar-refractivity contribution in [3.05, 3.63) is 33.9 Å². The van der Waals surface area contributed by atoms with Gasteiger partial charge in [-0.2, -0.15) is 0 Å². The number of nitrogens with zero attached hydrogens (tertiary/aromatic N) is 6. The van der Waals surface area contributed by atoms with Gasteiger partial charge in [-0.25, -0.2) is 4.98 Å². The zero-order valence-corrected chi connectivity index (χ0v) is 16.9. The number of anilines is 2. The lowest BCUT2D eigenvalue weighted by atomic mass is 9.95. The molecule has 0 spiro atoms. The number of hydrogen-bond donors (Lipinski definition) is 2. The Bertz CT molecular complexity index is 891. The zero-order valence-electron chi connectivity index (χ0n) is 16.9. The highest BCUT2D eigenvalue weighted by molar-refractivity contribution is 6.00. The van der Waals surface area contributed by atoms with E-state index < -0.39 is 4.92 Å². The Morgan fingerprint density at radius 3 is 2.69 bits per heavy atom. The summed E-state index contributed by atoms with van der Waals surface area (Å²) in [6.07, 6.45) is 6.73. The number of nitro groups is 1. The van der Waals surface area contributed by atoms with Crippen LogP contribution in [0.15, 0.2) is 12.4 Å². The third kappa shape index (κ3) is 4.61. The molecule has 1 aliphatic carbocycles. The molecule has 0 bridgehead atoms. The maximum absolute atomic E-state index is 13.0. The molecule has 1 saturated carbocycles. The summed E-state index contributed by atoms with van der Waals surface area (Å²) in [4.78, 5) is 30.1. The third-order valence-corrected chi connectivity index (χ3v) is 5.15. The van der Waals surface area contributed by atoms with Crippen molar-refractivity contribution in [1.82, 2.24) is 25.1 Å². The summed E-state index contributed by atoms with van der Waals surface area (Å²) >= 11 is 0. The second kappa shape index (κ2) is 8.84. The van der Waals surface area contributed by atoms with Crippen molar-refractivity contribution in [3.63, 3.8) is 0 Å². The molecular formula is C18H26N8O3. The van der Waals surface area contributed by atoms with Gasteiger partial charge in [-0.05, 0) is 12.8 Å². The van der Waals surface area contributed by atoms with Gasteiger partial charge in [0.1, 0.15) is 12.1 Å². The van der Waals surface area contributed by atoms with E-state index >= 15 is 0 Å². The van der Waals surface area contributed by atoms with E-state index in [-0.39, 0.29) is 29.0 Å². The minimum absolute atomic E-state index is 0.0798.